The molecular formula is C51H68N12O21. The van der Waals surface area contributed by atoms with Crippen LogP contribution in [0, 0.1) is 5.92 Å². The van der Waals surface area contributed by atoms with Gasteiger partial charge in [0, 0.05) is 12.8 Å². The minimum Gasteiger partial charge on any atom is -0.481 e. The van der Waals surface area contributed by atoms with E-state index < -0.39 is 201 Å². The Morgan fingerprint density at radius 3 is 1.04 bits per heavy atom. The van der Waals surface area contributed by atoms with Crippen molar-refractivity contribution >= 4 is 94.8 Å². The molecule has 0 bridgehead atoms. The topological polar surface area (TPSA) is 533 Å². The van der Waals surface area contributed by atoms with E-state index in [1.807, 2.05) is 31.9 Å². The van der Waals surface area contributed by atoms with E-state index in [4.69, 9.17) is 10.8 Å². The first-order valence-electron chi connectivity index (χ1n) is 25.6. The van der Waals surface area contributed by atoms with E-state index in [1.54, 1.807) is 81.4 Å². The van der Waals surface area contributed by atoms with Crippen molar-refractivity contribution in [2.75, 3.05) is 26.2 Å². The quantitative estimate of drug-likeness (QED) is 0.0297. The van der Waals surface area contributed by atoms with Gasteiger partial charge in [0.1, 0.15) is 42.3 Å². The SMILES string of the molecule is CCNC(CC(=O)O)C(=O)NC(CC(=O)O)C(=O)NCC(=O)NCC(=O)NCC(=O)NC(CC(=O)O)C(=O)NC(CC(=O)O)C(=O)NC(CC(=O)O)C(=O)NC(Cc1ccccc1)C(=O)NC(Cc1ccccc1)C(=O)NC(C(N)=O)C(C)C. The van der Waals surface area contributed by atoms with Crippen molar-refractivity contribution in [3.8, 4) is 0 Å². The van der Waals surface area contributed by atoms with E-state index in [0.717, 1.165) is 0 Å². The summed E-state index contributed by atoms with van der Waals surface area (Å²) in [7, 11) is 0. The van der Waals surface area contributed by atoms with E-state index in [2.05, 4.69) is 26.6 Å². The monoisotopic (exact) mass is 1180 g/mol. The number of hydrogen-bond acceptors (Lipinski definition) is 17. The number of carbonyl (C=O) groups is 16. The molecule has 8 atom stereocenters. The Balaban J connectivity index is 2.23. The third-order valence-electron chi connectivity index (χ3n) is 11.6. The molecular weight excluding hydrogens is 1120 g/mol. The molecule has 2 rings (SSSR count). The van der Waals surface area contributed by atoms with Gasteiger partial charge in [-0.2, -0.15) is 0 Å². The van der Waals surface area contributed by atoms with Crippen LogP contribution in [0.1, 0.15) is 64.0 Å². The van der Waals surface area contributed by atoms with Crippen LogP contribution < -0.4 is 64.2 Å². The maximum Gasteiger partial charge on any atom is 0.305 e. The number of carboxylic acid groups (broad SMARTS) is 5. The lowest BCUT2D eigenvalue weighted by molar-refractivity contribution is -0.144. The van der Waals surface area contributed by atoms with Crippen LogP contribution in [-0.2, 0) is 89.6 Å². The molecule has 0 aliphatic rings. The minimum atomic E-state index is -2.22. The van der Waals surface area contributed by atoms with Crippen LogP contribution in [0.4, 0.5) is 0 Å². The number of nitrogens with two attached hydrogens (primary N) is 1. The number of aliphatic carboxylic acids is 5. The number of amides is 11. The minimum absolute atomic E-state index is 0.130. The van der Waals surface area contributed by atoms with Crippen LogP contribution in [0.25, 0.3) is 0 Å². The molecule has 0 saturated carbocycles. The summed E-state index contributed by atoms with van der Waals surface area (Å²) in [4.78, 5) is 203. The highest BCUT2D eigenvalue weighted by molar-refractivity contribution is 6.00. The highest BCUT2D eigenvalue weighted by Crippen LogP contribution is 2.11. The van der Waals surface area contributed by atoms with Gasteiger partial charge in [-0.15, -0.1) is 0 Å². The second-order valence-electron chi connectivity index (χ2n) is 18.8. The maximum absolute atomic E-state index is 14.2. The Bertz CT molecular complexity index is 2730. The summed E-state index contributed by atoms with van der Waals surface area (Å²) in [6.07, 6.45) is -5.88. The molecule has 0 spiro atoms. The summed E-state index contributed by atoms with van der Waals surface area (Å²) < 4.78 is 0. The predicted octanol–water partition coefficient (Wildman–Crippen LogP) is -6.29. The number of hydrogen-bond donors (Lipinski definition) is 17. The Hall–Kier alpha value is -10.1. The van der Waals surface area contributed by atoms with Gasteiger partial charge in [0.2, 0.25) is 65.0 Å². The summed E-state index contributed by atoms with van der Waals surface area (Å²) in [5, 5.41) is 71.4. The lowest BCUT2D eigenvalue weighted by Crippen LogP contribution is -2.61. The smallest absolute Gasteiger partial charge is 0.305 e. The Kier molecular flexibility index (Phi) is 29.7. The predicted molar refractivity (Wildman–Crippen MR) is 286 cm³/mol. The average Bonchev–Trinajstić information content (AvgIpc) is 3.56. The van der Waals surface area contributed by atoms with E-state index in [9.17, 15) is 97.1 Å². The summed E-state index contributed by atoms with van der Waals surface area (Å²) >= 11 is 0. The van der Waals surface area contributed by atoms with E-state index in [-0.39, 0.29) is 19.4 Å². The molecule has 2 aromatic rings. The number of carboxylic acids is 5. The third-order valence-corrected chi connectivity index (χ3v) is 11.6. The molecule has 11 amide bonds. The molecule has 84 heavy (non-hydrogen) atoms. The van der Waals surface area contributed by atoms with Crippen molar-refractivity contribution in [2.45, 2.75) is 114 Å². The summed E-state index contributed by atoms with van der Waals surface area (Å²) in [5.41, 5.74) is 6.51. The van der Waals surface area contributed by atoms with Gasteiger partial charge in [0.25, 0.3) is 0 Å². The zero-order valence-corrected chi connectivity index (χ0v) is 45.6. The van der Waals surface area contributed by atoms with Crippen LogP contribution in [0.5, 0.6) is 0 Å². The van der Waals surface area contributed by atoms with Crippen molar-refractivity contribution in [3.63, 3.8) is 0 Å². The van der Waals surface area contributed by atoms with Gasteiger partial charge in [0.15, 0.2) is 0 Å². The molecule has 458 valence electrons. The highest BCUT2D eigenvalue weighted by atomic mass is 16.4. The standard InChI is InChI=1S/C51H68N12O21/c1-4-53-28(17-38(67)68)46(79)60-31(18-39(69)70)45(78)56-23-36(65)54-22-35(64)55-24-37(66)57-32(19-40(71)72)48(81)61-34(21-42(75)76)50(83)62-33(20-41(73)74)49(82)58-29(15-26-11-7-5-8-12-26)47(80)59-30(16-27-13-9-6-10-14-27)51(84)63-43(25(2)3)44(52)77/h5-14,25,28-34,43,53H,4,15-24H2,1-3H3,(H2,52,77)(H,54,65)(H,55,64)(H,56,78)(H,57,66)(H,58,82)(H,59,80)(H,60,79)(H,61,81)(H,62,83)(H,63,84)(H,67,68)(H,69,70)(H,71,72)(H,73,74)(H,75,76). The van der Waals surface area contributed by atoms with Crippen LogP contribution in [0.15, 0.2) is 60.7 Å². The molecule has 18 N–H and O–H groups in total. The first-order valence-corrected chi connectivity index (χ1v) is 25.6. The molecule has 0 aliphatic heterocycles. The Morgan fingerprint density at radius 1 is 0.381 bits per heavy atom. The molecule has 2 aromatic carbocycles. The number of benzene rings is 2. The zero-order valence-electron chi connectivity index (χ0n) is 45.6. The fraction of sp³-hybridized carbons (Fsp3) is 0.451. The molecule has 0 aromatic heterocycles. The molecule has 33 heteroatoms. The summed E-state index contributed by atoms with van der Waals surface area (Å²) in [5.74, 6) is -21.4. The van der Waals surface area contributed by atoms with Gasteiger partial charge in [-0.05, 0) is 23.6 Å². The van der Waals surface area contributed by atoms with Crippen molar-refractivity contribution in [1.29, 1.82) is 0 Å². The van der Waals surface area contributed by atoms with Crippen LogP contribution in [0.2, 0.25) is 0 Å². The number of likely N-dealkylation sites (N-methyl/N-ethyl adjacent to an activating group) is 1. The highest BCUT2D eigenvalue weighted by Gasteiger charge is 2.36. The number of rotatable bonds is 38. The third kappa shape index (κ3) is 26.9. The summed E-state index contributed by atoms with van der Waals surface area (Å²) in [6, 6.07) is 2.46. The molecule has 0 heterocycles. The van der Waals surface area contributed by atoms with E-state index in [1.165, 1.54) is 0 Å². The van der Waals surface area contributed by atoms with Crippen LogP contribution in [-0.4, -0.2) is 195 Å². The zero-order chi connectivity index (χ0) is 63.2. The molecule has 8 unspecified atom stereocenters. The maximum atomic E-state index is 14.2. The fourth-order valence-corrected chi connectivity index (χ4v) is 7.53. The van der Waals surface area contributed by atoms with Gasteiger partial charge in [-0.1, -0.05) is 81.4 Å². The number of carbonyl (C=O) groups excluding carboxylic acids is 11. The average molecular weight is 1190 g/mol. The van der Waals surface area contributed by atoms with Crippen LogP contribution >= 0.6 is 0 Å². The fourth-order valence-electron chi connectivity index (χ4n) is 7.53. The van der Waals surface area contributed by atoms with Crippen molar-refractivity contribution in [1.82, 2.24) is 58.5 Å². The van der Waals surface area contributed by atoms with Crippen LogP contribution in [0.3, 0.4) is 0 Å². The second kappa shape index (κ2) is 35.6. The molecule has 0 fully saturated rings. The first-order chi connectivity index (χ1) is 39.5. The van der Waals surface area contributed by atoms with E-state index in [0.29, 0.717) is 11.1 Å². The van der Waals surface area contributed by atoms with E-state index >= 15 is 0 Å². The largest absolute Gasteiger partial charge is 0.481 e. The van der Waals surface area contributed by atoms with Gasteiger partial charge in [-0.3, -0.25) is 76.7 Å². The van der Waals surface area contributed by atoms with Gasteiger partial charge < -0.3 is 89.8 Å². The first kappa shape index (κ1) is 70.0. The van der Waals surface area contributed by atoms with Gasteiger partial charge in [0.05, 0.1) is 57.8 Å². The Labute approximate surface area is 478 Å². The van der Waals surface area contributed by atoms with Crippen molar-refractivity contribution < 1.29 is 102 Å². The van der Waals surface area contributed by atoms with Gasteiger partial charge in [-0.25, -0.2) is 0 Å². The van der Waals surface area contributed by atoms with Crippen molar-refractivity contribution in [2.24, 2.45) is 11.7 Å². The number of primary amides is 1. The Morgan fingerprint density at radius 2 is 0.679 bits per heavy atom. The molecule has 0 aliphatic carbocycles. The molecule has 0 radical (unpaired) electrons. The lowest BCUT2D eigenvalue weighted by Gasteiger charge is -2.27. The summed E-state index contributed by atoms with van der Waals surface area (Å²) in [6.45, 7) is 2.13. The second-order valence-corrected chi connectivity index (χ2v) is 18.8. The normalized spacial score (nSPS) is 13.6. The molecule has 0 saturated heterocycles. The van der Waals surface area contributed by atoms with Crippen molar-refractivity contribution in [3.05, 3.63) is 71.8 Å². The number of nitrogens with one attached hydrogen (secondary N) is 11. The lowest BCUT2D eigenvalue weighted by atomic mass is 10.00. The van der Waals surface area contributed by atoms with Gasteiger partial charge >= 0.3 is 29.8 Å². The molecule has 33 nitrogen and oxygen atoms in total.